The van der Waals surface area contributed by atoms with Gasteiger partial charge < -0.3 is 15.2 Å². The number of piperidine rings is 1. The lowest BCUT2D eigenvalue weighted by Crippen LogP contribution is -2.41. The van der Waals surface area contributed by atoms with Crippen LogP contribution in [0.5, 0.6) is 0 Å². The average Bonchev–Trinajstić information content (AvgIpc) is 3.05. The number of rotatable bonds is 2. The minimum absolute atomic E-state index is 0.384. The standard InChI is InChI=1S/C21H24N4S/c1-14-10-15(2)12-17(11-14)22-21(26)25-9-5-6-16(13-25)20-23-18-7-3-4-8-19(18)24-20/h3-4,7-8,10-12,16H,5-6,9,13H2,1-2H3,(H,22,26)(H,23,24). The van der Waals surface area contributed by atoms with E-state index in [0.717, 1.165) is 53.6 Å². The molecule has 26 heavy (non-hydrogen) atoms. The smallest absolute Gasteiger partial charge is 0.173 e. The van der Waals surface area contributed by atoms with Crippen molar-refractivity contribution in [2.24, 2.45) is 0 Å². The Hall–Kier alpha value is -2.40. The van der Waals surface area contributed by atoms with Gasteiger partial charge in [-0.3, -0.25) is 0 Å². The Morgan fingerprint density at radius 2 is 1.96 bits per heavy atom. The molecule has 1 saturated heterocycles. The van der Waals surface area contributed by atoms with E-state index in [1.165, 1.54) is 11.1 Å². The number of aromatic nitrogens is 2. The van der Waals surface area contributed by atoms with E-state index in [-0.39, 0.29) is 0 Å². The average molecular weight is 365 g/mol. The summed E-state index contributed by atoms with van der Waals surface area (Å²) in [5.74, 6) is 1.46. The van der Waals surface area contributed by atoms with Crippen molar-refractivity contribution in [1.29, 1.82) is 0 Å². The first kappa shape index (κ1) is 17.0. The molecule has 2 N–H and O–H groups in total. The van der Waals surface area contributed by atoms with Crippen LogP contribution in [-0.2, 0) is 0 Å². The van der Waals surface area contributed by atoms with Crippen LogP contribution in [0.4, 0.5) is 5.69 Å². The van der Waals surface area contributed by atoms with Crippen LogP contribution in [0.2, 0.25) is 0 Å². The van der Waals surface area contributed by atoms with Crippen LogP contribution >= 0.6 is 12.2 Å². The molecular weight excluding hydrogens is 340 g/mol. The Morgan fingerprint density at radius 3 is 2.73 bits per heavy atom. The molecule has 2 aromatic carbocycles. The lowest BCUT2D eigenvalue weighted by atomic mass is 9.98. The number of nitrogens with one attached hydrogen (secondary N) is 2. The fourth-order valence-electron chi connectivity index (χ4n) is 3.80. The normalized spacial score (nSPS) is 17.5. The Balaban J connectivity index is 1.48. The van der Waals surface area contributed by atoms with Crippen molar-refractivity contribution < 1.29 is 0 Å². The van der Waals surface area contributed by atoms with E-state index >= 15 is 0 Å². The number of aromatic amines is 1. The summed E-state index contributed by atoms with van der Waals surface area (Å²) in [5.41, 5.74) is 5.70. The maximum absolute atomic E-state index is 5.69. The number of thiocarbonyl (C=S) groups is 1. The molecule has 134 valence electrons. The number of anilines is 1. The fourth-order valence-corrected chi connectivity index (χ4v) is 4.08. The van der Waals surface area contributed by atoms with E-state index in [1.54, 1.807) is 0 Å². The number of hydrogen-bond donors (Lipinski definition) is 2. The molecule has 0 amide bonds. The molecule has 0 aliphatic carbocycles. The Labute approximate surface area is 159 Å². The molecule has 0 spiro atoms. The molecule has 1 aliphatic rings. The van der Waals surface area contributed by atoms with Crippen molar-refractivity contribution in [3.05, 3.63) is 59.4 Å². The molecule has 5 heteroatoms. The van der Waals surface area contributed by atoms with Gasteiger partial charge in [0.1, 0.15) is 5.82 Å². The summed E-state index contributed by atoms with van der Waals surface area (Å²) in [5, 5.41) is 4.22. The van der Waals surface area contributed by atoms with E-state index in [2.05, 4.69) is 59.4 Å². The highest BCUT2D eigenvalue weighted by Crippen LogP contribution is 2.27. The molecule has 0 saturated carbocycles. The zero-order chi connectivity index (χ0) is 18.1. The molecule has 0 radical (unpaired) electrons. The van der Waals surface area contributed by atoms with Gasteiger partial charge in [-0.05, 0) is 74.3 Å². The number of hydrogen-bond acceptors (Lipinski definition) is 2. The first-order valence-electron chi connectivity index (χ1n) is 9.17. The van der Waals surface area contributed by atoms with Crippen molar-refractivity contribution in [3.63, 3.8) is 0 Å². The van der Waals surface area contributed by atoms with Crippen LogP contribution in [0, 0.1) is 13.8 Å². The van der Waals surface area contributed by atoms with E-state index in [9.17, 15) is 0 Å². The molecule has 1 atom stereocenters. The number of likely N-dealkylation sites (tertiary alicyclic amines) is 1. The van der Waals surface area contributed by atoms with Crippen LogP contribution < -0.4 is 5.32 Å². The minimum Gasteiger partial charge on any atom is -0.348 e. The zero-order valence-electron chi connectivity index (χ0n) is 15.2. The summed E-state index contributed by atoms with van der Waals surface area (Å²) in [7, 11) is 0. The number of nitrogens with zero attached hydrogens (tertiary/aromatic N) is 2. The largest absolute Gasteiger partial charge is 0.348 e. The van der Waals surface area contributed by atoms with Gasteiger partial charge in [-0.15, -0.1) is 0 Å². The van der Waals surface area contributed by atoms with Crippen LogP contribution in [0.1, 0.15) is 35.7 Å². The van der Waals surface area contributed by atoms with E-state index in [0.29, 0.717) is 5.92 Å². The molecule has 3 aromatic rings. The molecule has 4 rings (SSSR count). The third-order valence-electron chi connectivity index (χ3n) is 4.98. The predicted molar refractivity (Wildman–Crippen MR) is 112 cm³/mol. The van der Waals surface area contributed by atoms with Gasteiger partial charge >= 0.3 is 0 Å². The number of fused-ring (bicyclic) bond motifs is 1. The molecule has 1 aromatic heterocycles. The maximum Gasteiger partial charge on any atom is 0.173 e. The van der Waals surface area contributed by atoms with Gasteiger partial charge in [-0.25, -0.2) is 4.98 Å². The van der Waals surface area contributed by atoms with E-state index < -0.39 is 0 Å². The number of H-pyrrole nitrogens is 1. The maximum atomic E-state index is 5.69. The molecule has 1 fully saturated rings. The topological polar surface area (TPSA) is 44.0 Å². The van der Waals surface area contributed by atoms with Crippen LogP contribution in [0.25, 0.3) is 11.0 Å². The van der Waals surface area contributed by atoms with E-state index in [1.807, 2.05) is 12.1 Å². The second kappa shape index (κ2) is 7.08. The van der Waals surface area contributed by atoms with Crippen LogP contribution in [0.3, 0.4) is 0 Å². The summed E-state index contributed by atoms with van der Waals surface area (Å²) in [6.45, 7) is 6.11. The molecule has 1 aliphatic heterocycles. The van der Waals surface area contributed by atoms with Gasteiger partial charge in [-0.2, -0.15) is 0 Å². The molecule has 1 unspecified atom stereocenters. The second-order valence-electron chi connectivity index (χ2n) is 7.23. The highest BCUT2D eigenvalue weighted by Gasteiger charge is 2.25. The van der Waals surface area contributed by atoms with E-state index in [4.69, 9.17) is 17.2 Å². The minimum atomic E-state index is 0.384. The van der Waals surface area contributed by atoms with Crippen molar-refractivity contribution in [1.82, 2.24) is 14.9 Å². The first-order valence-corrected chi connectivity index (χ1v) is 9.58. The van der Waals surface area contributed by atoms with Crippen molar-refractivity contribution in [3.8, 4) is 0 Å². The number of para-hydroxylation sites is 2. The van der Waals surface area contributed by atoms with Gasteiger partial charge in [-0.1, -0.05) is 18.2 Å². The van der Waals surface area contributed by atoms with Gasteiger partial charge in [0.15, 0.2) is 5.11 Å². The summed E-state index contributed by atoms with van der Waals surface area (Å²) >= 11 is 5.69. The molecular formula is C21H24N4S. The van der Waals surface area contributed by atoms with Crippen LogP contribution in [-0.4, -0.2) is 33.1 Å². The summed E-state index contributed by atoms with van der Waals surface area (Å²) < 4.78 is 0. The summed E-state index contributed by atoms with van der Waals surface area (Å²) in [6, 6.07) is 14.7. The predicted octanol–water partition coefficient (Wildman–Crippen LogP) is 4.76. The molecule has 4 nitrogen and oxygen atoms in total. The summed E-state index contributed by atoms with van der Waals surface area (Å²) in [6.07, 6.45) is 2.26. The molecule has 2 heterocycles. The van der Waals surface area contributed by atoms with Crippen molar-refractivity contribution in [2.75, 3.05) is 18.4 Å². The van der Waals surface area contributed by atoms with Crippen molar-refractivity contribution >= 4 is 34.1 Å². The Morgan fingerprint density at radius 1 is 1.19 bits per heavy atom. The first-order chi connectivity index (χ1) is 12.6. The Bertz CT molecular complexity index is 893. The SMILES string of the molecule is Cc1cc(C)cc(NC(=S)N2CCCC(c3nc4ccccc4[nH]3)C2)c1. The Kier molecular flexibility index (Phi) is 4.64. The molecule has 0 bridgehead atoms. The quantitative estimate of drug-likeness (QED) is 0.644. The van der Waals surface area contributed by atoms with Gasteiger partial charge in [0.05, 0.1) is 11.0 Å². The number of aryl methyl sites for hydroxylation is 2. The van der Waals surface area contributed by atoms with Crippen molar-refractivity contribution in [2.45, 2.75) is 32.6 Å². The third kappa shape index (κ3) is 3.58. The van der Waals surface area contributed by atoms with Crippen LogP contribution in [0.15, 0.2) is 42.5 Å². The summed E-state index contributed by atoms with van der Waals surface area (Å²) in [4.78, 5) is 10.6. The van der Waals surface area contributed by atoms with Gasteiger partial charge in [0, 0.05) is 24.7 Å². The number of benzene rings is 2. The highest BCUT2D eigenvalue weighted by molar-refractivity contribution is 7.80. The monoisotopic (exact) mass is 364 g/mol. The zero-order valence-corrected chi connectivity index (χ0v) is 16.1. The third-order valence-corrected chi connectivity index (χ3v) is 5.34. The number of imidazole rings is 1. The lowest BCUT2D eigenvalue weighted by molar-refractivity contribution is 0.307. The van der Waals surface area contributed by atoms with Gasteiger partial charge in [0.25, 0.3) is 0 Å². The highest BCUT2D eigenvalue weighted by atomic mass is 32.1. The second-order valence-corrected chi connectivity index (χ2v) is 7.62. The van der Waals surface area contributed by atoms with Gasteiger partial charge in [0.2, 0.25) is 0 Å². The lowest BCUT2D eigenvalue weighted by Gasteiger charge is -2.34. The fraction of sp³-hybridized carbons (Fsp3) is 0.333.